The lowest BCUT2D eigenvalue weighted by atomic mass is 10.0. The molecule has 0 aromatic heterocycles. The molecular weight excluding hydrogens is 346 g/mol. The maximum absolute atomic E-state index is 12.9. The van der Waals surface area contributed by atoms with Crippen molar-refractivity contribution in [2.45, 2.75) is 24.9 Å². The van der Waals surface area contributed by atoms with Crippen molar-refractivity contribution in [1.82, 2.24) is 10.2 Å². The number of rotatable bonds is 5. The third-order valence-corrected chi connectivity index (χ3v) is 5.38. The number of hydrogen-bond acceptors (Lipinski definition) is 3. The van der Waals surface area contributed by atoms with E-state index in [1.54, 1.807) is 0 Å². The quantitative estimate of drug-likeness (QED) is 0.876. The molecule has 2 aromatic rings. The minimum absolute atomic E-state index is 0.134. The Morgan fingerprint density at radius 3 is 2.38 bits per heavy atom. The molecule has 2 aromatic carbocycles. The second-order valence-electron chi connectivity index (χ2n) is 7.10. The molecule has 1 heterocycles. The summed E-state index contributed by atoms with van der Waals surface area (Å²) in [5.74, 6) is 0.134. The Labute approximate surface area is 159 Å². The Hall–Kier alpha value is -2.04. The number of hydrogen-bond donors (Lipinski definition) is 1. The van der Waals surface area contributed by atoms with Gasteiger partial charge in [-0.05, 0) is 36.6 Å². The first-order valence-electron chi connectivity index (χ1n) is 9.30. The zero-order chi connectivity index (χ0) is 17.9. The minimum Gasteiger partial charge on any atom is -0.369 e. The van der Waals surface area contributed by atoms with Gasteiger partial charge < -0.3 is 10.2 Å². The summed E-state index contributed by atoms with van der Waals surface area (Å²) in [5.41, 5.74) is 2.22. The van der Waals surface area contributed by atoms with Gasteiger partial charge in [-0.1, -0.05) is 48.0 Å². The second-order valence-corrected chi connectivity index (χ2v) is 7.54. The van der Waals surface area contributed by atoms with Crippen LogP contribution in [0.4, 0.5) is 5.69 Å². The number of carbonyl (C=O) groups excluding carboxylic acids is 1. The summed E-state index contributed by atoms with van der Waals surface area (Å²) in [4.78, 5) is 17.5. The summed E-state index contributed by atoms with van der Waals surface area (Å²) in [6.45, 7) is 3.48. The van der Waals surface area contributed by atoms with Crippen LogP contribution in [0, 0.1) is 0 Å². The second kappa shape index (κ2) is 7.68. The van der Waals surface area contributed by atoms with Crippen LogP contribution >= 0.6 is 11.6 Å². The number of nitrogens with zero attached hydrogens (tertiary/aromatic N) is 2. The maximum atomic E-state index is 12.9. The van der Waals surface area contributed by atoms with E-state index in [2.05, 4.69) is 33.3 Å². The van der Waals surface area contributed by atoms with Crippen LogP contribution in [0.1, 0.15) is 24.4 Å². The molecule has 0 radical (unpaired) electrons. The summed E-state index contributed by atoms with van der Waals surface area (Å²) < 4.78 is 0. The van der Waals surface area contributed by atoms with Crippen LogP contribution in [0.25, 0.3) is 0 Å². The first-order valence-corrected chi connectivity index (χ1v) is 9.68. The zero-order valence-electron chi connectivity index (χ0n) is 14.8. The number of piperazine rings is 1. The Morgan fingerprint density at radius 2 is 1.73 bits per heavy atom. The molecule has 26 heavy (non-hydrogen) atoms. The van der Waals surface area contributed by atoms with E-state index in [1.807, 2.05) is 36.4 Å². The van der Waals surface area contributed by atoms with E-state index in [1.165, 1.54) is 0 Å². The molecule has 4 nitrogen and oxygen atoms in total. The molecule has 0 bridgehead atoms. The largest absolute Gasteiger partial charge is 0.369 e. The number of carbonyl (C=O) groups is 1. The van der Waals surface area contributed by atoms with E-state index in [0.29, 0.717) is 6.04 Å². The molecule has 1 N–H and O–H groups in total. The molecule has 5 heteroatoms. The van der Waals surface area contributed by atoms with Crippen molar-refractivity contribution < 1.29 is 4.79 Å². The van der Waals surface area contributed by atoms with Crippen LogP contribution in [0.2, 0.25) is 5.02 Å². The van der Waals surface area contributed by atoms with Gasteiger partial charge in [-0.15, -0.1) is 0 Å². The van der Waals surface area contributed by atoms with Gasteiger partial charge in [0.05, 0.1) is 0 Å². The smallest absolute Gasteiger partial charge is 0.242 e. The Kier molecular flexibility index (Phi) is 5.14. The van der Waals surface area contributed by atoms with Crippen LogP contribution in [-0.4, -0.2) is 43.0 Å². The molecule has 1 aliphatic carbocycles. The lowest BCUT2D eigenvalue weighted by Crippen LogP contribution is -2.51. The molecular formula is C21H24ClN3O. The molecule has 1 aliphatic heterocycles. The predicted octanol–water partition coefficient (Wildman–Crippen LogP) is 3.48. The molecule has 1 saturated heterocycles. The van der Waals surface area contributed by atoms with Crippen molar-refractivity contribution in [3.63, 3.8) is 0 Å². The first kappa shape index (κ1) is 17.4. The predicted molar refractivity (Wildman–Crippen MR) is 106 cm³/mol. The van der Waals surface area contributed by atoms with E-state index < -0.39 is 0 Å². The van der Waals surface area contributed by atoms with Gasteiger partial charge in [0.25, 0.3) is 0 Å². The number of anilines is 1. The highest BCUT2D eigenvalue weighted by molar-refractivity contribution is 6.30. The lowest BCUT2D eigenvalue weighted by Gasteiger charge is -2.39. The van der Waals surface area contributed by atoms with Gasteiger partial charge in [0.2, 0.25) is 5.91 Å². The lowest BCUT2D eigenvalue weighted by molar-refractivity contribution is -0.127. The molecule has 1 amide bonds. The molecule has 2 fully saturated rings. The average Bonchev–Trinajstić information content (AvgIpc) is 3.47. The molecule has 1 saturated carbocycles. The minimum atomic E-state index is -0.210. The van der Waals surface area contributed by atoms with Crippen LogP contribution < -0.4 is 10.2 Å². The molecule has 4 rings (SSSR count). The highest BCUT2D eigenvalue weighted by atomic mass is 35.5. The Bertz CT molecular complexity index is 755. The monoisotopic (exact) mass is 369 g/mol. The summed E-state index contributed by atoms with van der Waals surface area (Å²) in [6.07, 6.45) is 2.21. The maximum Gasteiger partial charge on any atom is 0.242 e. The SMILES string of the molecule is O=C(NC1CC1)C(c1ccccc1)N1CCN(c2cccc(Cl)c2)CC1. The van der Waals surface area contributed by atoms with Crippen molar-refractivity contribution in [3.05, 3.63) is 65.2 Å². The number of amides is 1. The number of halogens is 1. The van der Waals surface area contributed by atoms with Crippen LogP contribution in [0.15, 0.2) is 54.6 Å². The van der Waals surface area contributed by atoms with Crippen molar-refractivity contribution in [1.29, 1.82) is 0 Å². The van der Waals surface area contributed by atoms with Gasteiger partial charge in [0, 0.05) is 42.9 Å². The Balaban J connectivity index is 1.47. The van der Waals surface area contributed by atoms with E-state index in [4.69, 9.17) is 11.6 Å². The van der Waals surface area contributed by atoms with E-state index >= 15 is 0 Å². The summed E-state index contributed by atoms with van der Waals surface area (Å²) in [5, 5.41) is 3.95. The molecule has 1 unspecified atom stereocenters. The third kappa shape index (κ3) is 4.02. The fourth-order valence-electron chi connectivity index (χ4n) is 3.58. The number of benzene rings is 2. The van der Waals surface area contributed by atoms with Crippen molar-refractivity contribution >= 4 is 23.2 Å². The van der Waals surface area contributed by atoms with Crippen LogP contribution in [0.5, 0.6) is 0 Å². The fraction of sp³-hybridized carbons (Fsp3) is 0.381. The fourth-order valence-corrected chi connectivity index (χ4v) is 3.77. The van der Waals surface area contributed by atoms with E-state index in [0.717, 1.165) is 55.3 Å². The van der Waals surface area contributed by atoms with Gasteiger partial charge in [-0.2, -0.15) is 0 Å². The molecule has 136 valence electrons. The Morgan fingerprint density at radius 1 is 1.00 bits per heavy atom. The van der Waals surface area contributed by atoms with Gasteiger partial charge >= 0.3 is 0 Å². The summed E-state index contributed by atoms with van der Waals surface area (Å²) >= 11 is 6.13. The van der Waals surface area contributed by atoms with Gasteiger partial charge in [-0.25, -0.2) is 0 Å². The third-order valence-electron chi connectivity index (χ3n) is 5.14. The van der Waals surface area contributed by atoms with Crippen LogP contribution in [-0.2, 0) is 4.79 Å². The molecule has 0 spiro atoms. The van der Waals surface area contributed by atoms with Crippen molar-refractivity contribution in [3.8, 4) is 0 Å². The standard InChI is InChI=1S/C21H24ClN3O/c22-17-7-4-8-19(15-17)24-11-13-25(14-12-24)20(16-5-2-1-3-6-16)21(26)23-18-9-10-18/h1-8,15,18,20H,9-14H2,(H,23,26). The molecule has 2 aliphatic rings. The van der Waals surface area contributed by atoms with E-state index in [9.17, 15) is 4.79 Å². The zero-order valence-corrected chi connectivity index (χ0v) is 15.5. The topological polar surface area (TPSA) is 35.6 Å². The van der Waals surface area contributed by atoms with Crippen molar-refractivity contribution in [2.24, 2.45) is 0 Å². The molecule has 1 atom stereocenters. The number of nitrogens with one attached hydrogen (secondary N) is 1. The van der Waals surface area contributed by atoms with Crippen molar-refractivity contribution in [2.75, 3.05) is 31.1 Å². The highest BCUT2D eigenvalue weighted by Gasteiger charge is 2.33. The van der Waals surface area contributed by atoms with E-state index in [-0.39, 0.29) is 11.9 Å². The van der Waals surface area contributed by atoms with Gasteiger partial charge in [0.1, 0.15) is 6.04 Å². The first-order chi connectivity index (χ1) is 12.7. The van der Waals surface area contributed by atoms with Gasteiger partial charge in [0.15, 0.2) is 0 Å². The summed E-state index contributed by atoms with van der Waals surface area (Å²) in [7, 11) is 0. The van der Waals surface area contributed by atoms with Crippen LogP contribution in [0.3, 0.4) is 0 Å². The van der Waals surface area contributed by atoms with Gasteiger partial charge in [-0.3, -0.25) is 9.69 Å². The normalized spacial score (nSPS) is 19.2. The highest BCUT2D eigenvalue weighted by Crippen LogP contribution is 2.27. The average molecular weight is 370 g/mol. The summed E-state index contributed by atoms with van der Waals surface area (Å²) in [6, 6.07) is 18.3.